The Kier molecular flexibility index (Phi) is 5.45. The Labute approximate surface area is 134 Å². The first kappa shape index (κ1) is 15.9. The van der Waals surface area contributed by atoms with E-state index in [1.165, 1.54) is 25.2 Å². The second kappa shape index (κ2) is 7.53. The molecular formula is C18H30N4. The number of aromatic nitrogens is 1. The molecule has 22 heavy (non-hydrogen) atoms. The van der Waals surface area contributed by atoms with Gasteiger partial charge in [-0.25, -0.2) is 0 Å². The number of nitrogens with zero attached hydrogens (tertiary/aromatic N) is 3. The molecule has 2 aliphatic rings. The topological polar surface area (TPSA) is 31.4 Å². The molecule has 0 radical (unpaired) electrons. The Hall–Kier alpha value is -0.970. The summed E-state index contributed by atoms with van der Waals surface area (Å²) < 4.78 is 0. The van der Waals surface area contributed by atoms with E-state index in [1.807, 2.05) is 12.3 Å². The van der Waals surface area contributed by atoms with E-state index < -0.39 is 0 Å². The van der Waals surface area contributed by atoms with Gasteiger partial charge in [0, 0.05) is 52.0 Å². The molecule has 4 nitrogen and oxygen atoms in total. The minimum Gasteiger partial charge on any atom is -0.314 e. The average Bonchev–Trinajstić information content (AvgIpc) is 2.53. The number of pyridine rings is 1. The molecule has 3 rings (SSSR count). The predicted octanol–water partition coefficient (Wildman–Crippen LogP) is 2.01. The number of hydrogen-bond acceptors (Lipinski definition) is 4. The predicted molar refractivity (Wildman–Crippen MR) is 90.8 cm³/mol. The first-order chi connectivity index (χ1) is 10.7. The first-order valence-electron chi connectivity index (χ1n) is 8.80. The van der Waals surface area contributed by atoms with Crippen molar-refractivity contribution in [2.24, 2.45) is 11.8 Å². The summed E-state index contributed by atoms with van der Waals surface area (Å²) in [5.74, 6) is 1.58. The lowest BCUT2D eigenvalue weighted by Gasteiger charge is -2.42. The molecule has 2 saturated heterocycles. The first-order valence-corrected chi connectivity index (χ1v) is 8.80. The van der Waals surface area contributed by atoms with Crippen molar-refractivity contribution in [2.75, 3.05) is 45.8 Å². The van der Waals surface area contributed by atoms with E-state index in [1.54, 1.807) is 0 Å². The van der Waals surface area contributed by atoms with E-state index in [0.29, 0.717) is 6.04 Å². The molecule has 2 aliphatic heterocycles. The molecule has 0 bridgehead atoms. The fraction of sp³-hybridized carbons (Fsp3) is 0.722. The number of likely N-dealkylation sites (tertiary alicyclic amines) is 1. The highest BCUT2D eigenvalue weighted by Gasteiger charge is 2.30. The second-order valence-corrected chi connectivity index (χ2v) is 7.22. The van der Waals surface area contributed by atoms with Crippen molar-refractivity contribution in [3.05, 3.63) is 30.1 Å². The van der Waals surface area contributed by atoms with Gasteiger partial charge in [0.2, 0.25) is 0 Å². The molecule has 0 aromatic carbocycles. The van der Waals surface area contributed by atoms with Crippen molar-refractivity contribution < 1.29 is 0 Å². The summed E-state index contributed by atoms with van der Waals surface area (Å²) in [5, 5.41) is 3.45. The zero-order valence-electron chi connectivity index (χ0n) is 14.0. The zero-order chi connectivity index (χ0) is 15.4. The molecular weight excluding hydrogens is 272 g/mol. The van der Waals surface area contributed by atoms with Gasteiger partial charge in [-0.3, -0.25) is 14.8 Å². The van der Waals surface area contributed by atoms with Gasteiger partial charge in [0.25, 0.3) is 0 Å². The van der Waals surface area contributed by atoms with Crippen LogP contribution in [0.1, 0.15) is 32.0 Å². The molecule has 1 aromatic heterocycles. The van der Waals surface area contributed by atoms with Crippen molar-refractivity contribution in [2.45, 2.75) is 26.3 Å². The summed E-state index contributed by atoms with van der Waals surface area (Å²) in [5.41, 5.74) is 1.24. The Morgan fingerprint density at radius 2 is 1.91 bits per heavy atom. The Balaban J connectivity index is 1.76. The molecule has 0 aliphatic carbocycles. The highest BCUT2D eigenvalue weighted by molar-refractivity contribution is 5.10. The number of nitrogens with one attached hydrogen (secondary N) is 1. The number of hydrogen-bond donors (Lipinski definition) is 1. The SMILES string of the molecule is CC1CC(C)CN(C(CN2CCNCC2)c2ccccn2)C1. The minimum atomic E-state index is 0.435. The molecule has 2 fully saturated rings. The normalized spacial score (nSPS) is 29.4. The standard InChI is InChI=1S/C18H30N4/c1-15-11-16(2)13-22(12-15)18(17-5-3-4-6-20-17)14-21-9-7-19-8-10-21/h3-6,15-16,18-19H,7-14H2,1-2H3. The summed E-state index contributed by atoms with van der Waals surface area (Å²) in [6, 6.07) is 6.79. The summed E-state index contributed by atoms with van der Waals surface area (Å²) in [4.78, 5) is 9.97. The maximum atomic E-state index is 4.69. The van der Waals surface area contributed by atoms with Gasteiger partial charge < -0.3 is 5.32 Å². The third-order valence-electron chi connectivity index (χ3n) is 5.01. The maximum absolute atomic E-state index is 4.69. The lowest BCUT2D eigenvalue weighted by Crippen LogP contribution is -2.49. The van der Waals surface area contributed by atoms with Crippen molar-refractivity contribution in [1.82, 2.24) is 20.1 Å². The quantitative estimate of drug-likeness (QED) is 0.922. The van der Waals surface area contributed by atoms with Gasteiger partial charge in [-0.05, 0) is 30.4 Å². The van der Waals surface area contributed by atoms with E-state index >= 15 is 0 Å². The van der Waals surface area contributed by atoms with Crippen LogP contribution in [0.25, 0.3) is 0 Å². The van der Waals surface area contributed by atoms with E-state index in [2.05, 4.69) is 46.1 Å². The lowest BCUT2D eigenvalue weighted by molar-refractivity contribution is 0.0659. The van der Waals surface area contributed by atoms with Crippen LogP contribution in [-0.2, 0) is 0 Å². The van der Waals surface area contributed by atoms with Crippen molar-refractivity contribution in [1.29, 1.82) is 0 Å². The molecule has 3 unspecified atom stereocenters. The molecule has 4 heteroatoms. The molecule has 3 heterocycles. The molecule has 1 N–H and O–H groups in total. The maximum Gasteiger partial charge on any atom is 0.0649 e. The molecule has 122 valence electrons. The van der Waals surface area contributed by atoms with Gasteiger partial charge >= 0.3 is 0 Å². The van der Waals surface area contributed by atoms with Gasteiger partial charge in [-0.1, -0.05) is 19.9 Å². The van der Waals surface area contributed by atoms with Crippen LogP contribution in [0, 0.1) is 11.8 Å². The largest absolute Gasteiger partial charge is 0.314 e. The summed E-state index contributed by atoms with van der Waals surface area (Å²) >= 11 is 0. The van der Waals surface area contributed by atoms with E-state index in [4.69, 9.17) is 0 Å². The monoisotopic (exact) mass is 302 g/mol. The van der Waals surface area contributed by atoms with Crippen molar-refractivity contribution in [3.8, 4) is 0 Å². The number of rotatable bonds is 4. The van der Waals surface area contributed by atoms with Gasteiger partial charge in [-0.15, -0.1) is 0 Å². The summed E-state index contributed by atoms with van der Waals surface area (Å²) in [6.45, 7) is 12.8. The van der Waals surface area contributed by atoms with E-state index in [9.17, 15) is 0 Å². The van der Waals surface area contributed by atoms with Crippen molar-refractivity contribution in [3.63, 3.8) is 0 Å². The Morgan fingerprint density at radius 1 is 1.18 bits per heavy atom. The highest BCUT2D eigenvalue weighted by Crippen LogP contribution is 2.29. The highest BCUT2D eigenvalue weighted by atomic mass is 15.3. The Bertz CT molecular complexity index is 434. The van der Waals surface area contributed by atoms with Crippen LogP contribution >= 0.6 is 0 Å². The molecule has 0 spiro atoms. The fourth-order valence-corrected chi connectivity index (χ4v) is 4.07. The van der Waals surface area contributed by atoms with Crippen LogP contribution < -0.4 is 5.32 Å². The van der Waals surface area contributed by atoms with E-state index in [0.717, 1.165) is 44.6 Å². The average molecular weight is 302 g/mol. The van der Waals surface area contributed by atoms with Crippen LogP contribution in [0.3, 0.4) is 0 Å². The van der Waals surface area contributed by atoms with Gasteiger partial charge in [0.15, 0.2) is 0 Å². The smallest absolute Gasteiger partial charge is 0.0649 e. The van der Waals surface area contributed by atoms with Gasteiger partial charge in [-0.2, -0.15) is 0 Å². The van der Waals surface area contributed by atoms with Crippen LogP contribution in [0.15, 0.2) is 24.4 Å². The zero-order valence-corrected chi connectivity index (χ0v) is 14.0. The third kappa shape index (κ3) is 4.06. The van der Waals surface area contributed by atoms with Crippen LogP contribution in [0.2, 0.25) is 0 Å². The molecule has 0 amide bonds. The second-order valence-electron chi connectivity index (χ2n) is 7.22. The van der Waals surface area contributed by atoms with Crippen LogP contribution in [0.5, 0.6) is 0 Å². The van der Waals surface area contributed by atoms with Crippen LogP contribution in [0.4, 0.5) is 0 Å². The number of piperidine rings is 1. The van der Waals surface area contributed by atoms with Gasteiger partial charge in [0.05, 0.1) is 11.7 Å². The Morgan fingerprint density at radius 3 is 2.55 bits per heavy atom. The fourth-order valence-electron chi connectivity index (χ4n) is 4.07. The summed E-state index contributed by atoms with van der Waals surface area (Å²) in [6.07, 6.45) is 3.30. The van der Waals surface area contributed by atoms with Crippen LogP contribution in [-0.4, -0.2) is 60.6 Å². The third-order valence-corrected chi connectivity index (χ3v) is 5.01. The van der Waals surface area contributed by atoms with E-state index in [-0.39, 0.29) is 0 Å². The lowest BCUT2D eigenvalue weighted by atomic mass is 9.90. The van der Waals surface area contributed by atoms with Gasteiger partial charge in [0.1, 0.15) is 0 Å². The number of piperazine rings is 1. The molecule has 1 aromatic rings. The van der Waals surface area contributed by atoms with Crippen molar-refractivity contribution >= 4 is 0 Å². The minimum absolute atomic E-state index is 0.435. The molecule has 0 saturated carbocycles. The summed E-state index contributed by atoms with van der Waals surface area (Å²) in [7, 11) is 0. The molecule has 3 atom stereocenters.